The van der Waals surface area contributed by atoms with Gasteiger partial charge in [-0.25, -0.2) is 0 Å². The summed E-state index contributed by atoms with van der Waals surface area (Å²) < 4.78 is 1.20. The van der Waals surface area contributed by atoms with Crippen LogP contribution >= 0.6 is 27.7 Å². The van der Waals surface area contributed by atoms with Crippen LogP contribution in [-0.4, -0.2) is 18.3 Å². The number of nitrogens with one attached hydrogen (secondary N) is 1. The molecule has 1 aromatic rings. The Hall–Kier alpha value is 0.01000. The fraction of sp³-hybridized carbons (Fsp3) is 0.571. The van der Waals surface area contributed by atoms with Crippen molar-refractivity contribution < 1.29 is 0 Å². The van der Waals surface area contributed by atoms with Gasteiger partial charge in [-0.2, -0.15) is 0 Å². The molecule has 17 heavy (non-hydrogen) atoms. The summed E-state index contributed by atoms with van der Waals surface area (Å²) in [6.07, 6.45) is 3.87. The van der Waals surface area contributed by atoms with Gasteiger partial charge in [0.05, 0.1) is 0 Å². The summed E-state index contributed by atoms with van der Waals surface area (Å²) >= 11 is 5.53. The van der Waals surface area contributed by atoms with Crippen LogP contribution in [0.25, 0.3) is 0 Å². The molecule has 0 spiro atoms. The second-order valence-corrected chi connectivity index (χ2v) is 6.05. The van der Waals surface area contributed by atoms with Crippen LogP contribution in [0.2, 0.25) is 0 Å². The standard InChI is InChI=1S/C14H22BrNS/c1-3-5-8-12(16-4-2)11-17-14-10-7-6-9-13(14)15/h6-7,9-10,12,16H,3-5,8,11H2,1-2H3. The van der Waals surface area contributed by atoms with Crippen molar-refractivity contribution in [2.45, 2.75) is 44.0 Å². The van der Waals surface area contributed by atoms with Crippen LogP contribution in [0, 0.1) is 0 Å². The first-order chi connectivity index (χ1) is 8.27. The van der Waals surface area contributed by atoms with Gasteiger partial charge in [0.25, 0.3) is 0 Å². The van der Waals surface area contributed by atoms with Crippen LogP contribution < -0.4 is 5.32 Å². The summed E-state index contributed by atoms with van der Waals surface area (Å²) in [5, 5.41) is 3.57. The predicted molar refractivity (Wildman–Crippen MR) is 81.9 cm³/mol. The van der Waals surface area contributed by atoms with Crippen LogP contribution in [0.1, 0.15) is 33.1 Å². The third-order valence-corrected chi connectivity index (χ3v) is 4.87. The van der Waals surface area contributed by atoms with Crippen molar-refractivity contribution in [2.24, 2.45) is 0 Å². The summed E-state index contributed by atoms with van der Waals surface area (Å²) in [6.45, 7) is 5.50. The second kappa shape index (κ2) is 9.01. The van der Waals surface area contributed by atoms with E-state index < -0.39 is 0 Å². The first-order valence-corrected chi connectivity index (χ1v) is 8.16. The lowest BCUT2D eigenvalue weighted by atomic mass is 10.1. The molecule has 1 rings (SSSR count). The molecule has 0 fully saturated rings. The van der Waals surface area contributed by atoms with Gasteiger partial charge in [-0.3, -0.25) is 0 Å². The van der Waals surface area contributed by atoms with Crippen molar-refractivity contribution in [3.63, 3.8) is 0 Å². The van der Waals surface area contributed by atoms with Gasteiger partial charge in [0.2, 0.25) is 0 Å². The highest BCUT2D eigenvalue weighted by Gasteiger charge is 2.08. The van der Waals surface area contributed by atoms with E-state index in [0.717, 1.165) is 12.3 Å². The van der Waals surface area contributed by atoms with E-state index in [0.29, 0.717) is 6.04 Å². The molecule has 96 valence electrons. The molecule has 0 heterocycles. The highest BCUT2D eigenvalue weighted by atomic mass is 79.9. The van der Waals surface area contributed by atoms with Gasteiger partial charge in [0.15, 0.2) is 0 Å². The summed E-state index contributed by atoms with van der Waals surface area (Å²) in [7, 11) is 0. The van der Waals surface area contributed by atoms with E-state index >= 15 is 0 Å². The highest BCUT2D eigenvalue weighted by Crippen LogP contribution is 2.27. The van der Waals surface area contributed by atoms with Crippen LogP contribution in [0.5, 0.6) is 0 Å². The molecular weight excluding hydrogens is 294 g/mol. The van der Waals surface area contributed by atoms with Crippen molar-refractivity contribution in [3.8, 4) is 0 Å². The number of thioether (sulfide) groups is 1. The summed E-state index contributed by atoms with van der Waals surface area (Å²) in [6, 6.07) is 9.08. The minimum atomic E-state index is 0.636. The largest absolute Gasteiger partial charge is 0.313 e. The van der Waals surface area contributed by atoms with E-state index in [-0.39, 0.29) is 0 Å². The lowest BCUT2D eigenvalue weighted by molar-refractivity contribution is 0.515. The molecule has 0 amide bonds. The molecule has 0 radical (unpaired) electrons. The van der Waals surface area contributed by atoms with Gasteiger partial charge < -0.3 is 5.32 Å². The van der Waals surface area contributed by atoms with Crippen molar-refractivity contribution in [2.75, 3.05) is 12.3 Å². The van der Waals surface area contributed by atoms with E-state index in [1.54, 1.807) is 0 Å². The highest BCUT2D eigenvalue weighted by molar-refractivity contribution is 9.10. The average Bonchev–Trinajstić information content (AvgIpc) is 2.34. The molecule has 0 aliphatic carbocycles. The molecular formula is C14H22BrNS. The molecule has 1 nitrogen and oxygen atoms in total. The Kier molecular flexibility index (Phi) is 7.99. The third-order valence-electron chi connectivity index (χ3n) is 2.68. The average molecular weight is 316 g/mol. The molecule has 1 unspecified atom stereocenters. The number of hydrogen-bond acceptors (Lipinski definition) is 2. The Morgan fingerprint density at radius 3 is 2.71 bits per heavy atom. The van der Waals surface area contributed by atoms with E-state index in [9.17, 15) is 0 Å². The fourth-order valence-corrected chi connectivity index (χ4v) is 3.41. The molecule has 0 saturated heterocycles. The molecule has 0 aliphatic heterocycles. The maximum atomic E-state index is 3.60. The SMILES string of the molecule is CCCCC(CSc1ccccc1Br)NCC. The molecule has 0 saturated carbocycles. The maximum Gasteiger partial charge on any atom is 0.0311 e. The van der Waals surface area contributed by atoms with Crippen LogP contribution in [-0.2, 0) is 0 Å². The zero-order valence-electron chi connectivity index (χ0n) is 10.7. The smallest absolute Gasteiger partial charge is 0.0311 e. The van der Waals surface area contributed by atoms with Gasteiger partial charge in [-0.05, 0) is 41.0 Å². The van der Waals surface area contributed by atoms with Crippen molar-refractivity contribution >= 4 is 27.7 Å². The normalized spacial score (nSPS) is 12.6. The first-order valence-electron chi connectivity index (χ1n) is 6.38. The number of hydrogen-bond donors (Lipinski definition) is 1. The molecule has 1 aromatic carbocycles. The molecule has 0 bridgehead atoms. The monoisotopic (exact) mass is 315 g/mol. The Morgan fingerprint density at radius 1 is 1.29 bits per heavy atom. The Morgan fingerprint density at radius 2 is 2.06 bits per heavy atom. The maximum absolute atomic E-state index is 3.60. The minimum Gasteiger partial charge on any atom is -0.313 e. The Balaban J connectivity index is 2.42. The number of benzene rings is 1. The lowest BCUT2D eigenvalue weighted by Crippen LogP contribution is -2.31. The molecule has 3 heteroatoms. The Labute approximate surface area is 118 Å². The van der Waals surface area contributed by atoms with Crippen molar-refractivity contribution in [3.05, 3.63) is 28.7 Å². The van der Waals surface area contributed by atoms with Gasteiger partial charge in [0, 0.05) is 21.2 Å². The van der Waals surface area contributed by atoms with Gasteiger partial charge in [-0.1, -0.05) is 38.8 Å². The zero-order valence-corrected chi connectivity index (χ0v) is 13.1. The van der Waals surface area contributed by atoms with Crippen LogP contribution in [0.3, 0.4) is 0 Å². The van der Waals surface area contributed by atoms with Gasteiger partial charge in [0.1, 0.15) is 0 Å². The van der Waals surface area contributed by atoms with Crippen molar-refractivity contribution in [1.82, 2.24) is 5.32 Å². The van der Waals surface area contributed by atoms with E-state index in [1.807, 2.05) is 11.8 Å². The topological polar surface area (TPSA) is 12.0 Å². The summed E-state index contributed by atoms with van der Waals surface area (Å²) in [4.78, 5) is 1.34. The van der Waals surface area contributed by atoms with Gasteiger partial charge in [-0.15, -0.1) is 11.8 Å². The van der Waals surface area contributed by atoms with E-state index in [4.69, 9.17) is 0 Å². The zero-order chi connectivity index (χ0) is 12.5. The second-order valence-electron chi connectivity index (χ2n) is 4.14. The quantitative estimate of drug-likeness (QED) is 0.697. The number of rotatable bonds is 8. The van der Waals surface area contributed by atoms with Crippen molar-refractivity contribution in [1.29, 1.82) is 0 Å². The minimum absolute atomic E-state index is 0.636. The molecule has 1 atom stereocenters. The lowest BCUT2D eigenvalue weighted by Gasteiger charge is -2.17. The summed E-state index contributed by atoms with van der Waals surface area (Å²) in [5.41, 5.74) is 0. The van der Waals surface area contributed by atoms with Crippen LogP contribution in [0.4, 0.5) is 0 Å². The van der Waals surface area contributed by atoms with E-state index in [2.05, 4.69) is 59.4 Å². The first kappa shape index (κ1) is 15.1. The Bertz CT molecular complexity index is 317. The molecule has 0 aromatic heterocycles. The van der Waals surface area contributed by atoms with Gasteiger partial charge >= 0.3 is 0 Å². The number of unbranched alkanes of at least 4 members (excludes halogenated alkanes) is 1. The number of halogens is 1. The molecule has 1 N–H and O–H groups in total. The van der Waals surface area contributed by atoms with Crippen LogP contribution in [0.15, 0.2) is 33.6 Å². The summed E-state index contributed by atoms with van der Waals surface area (Å²) in [5.74, 6) is 1.15. The predicted octanol–water partition coefficient (Wildman–Crippen LogP) is 4.71. The third kappa shape index (κ3) is 5.94. The molecule has 0 aliphatic rings. The van der Waals surface area contributed by atoms with E-state index in [1.165, 1.54) is 28.6 Å². The fourth-order valence-electron chi connectivity index (χ4n) is 1.74.